The van der Waals surface area contributed by atoms with Crippen molar-refractivity contribution < 1.29 is 9.53 Å². The number of carbonyl (C=O) groups is 1. The molecule has 7 heteroatoms. The summed E-state index contributed by atoms with van der Waals surface area (Å²) in [6, 6.07) is 12.8. The molecule has 5 rings (SSSR count). The van der Waals surface area contributed by atoms with Crippen LogP contribution in [0.1, 0.15) is 36.5 Å². The van der Waals surface area contributed by atoms with Crippen molar-refractivity contribution in [2.45, 2.75) is 38.3 Å². The number of benzene rings is 2. The highest BCUT2D eigenvalue weighted by molar-refractivity contribution is 6.31. The Morgan fingerprint density at radius 2 is 1.81 bits per heavy atom. The Kier molecular flexibility index (Phi) is 5.49. The van der Waals surface area contributed by atoms with Crippen LogP contribution < -0.4 is 10.1 Å². The lowest BCUT2D eigenvalue weighted by Gasteiger charge is -2.22. The summed E-state index contributed by atoms with van der Waals surface area (Å²) >= 11 is 12.0. The number of hydrogen-bond acceptors (Lipinski definition) is 4. The van der Waals surface area contributed by atoms with Crippen molar-refractivity contribution in [2.75, 3.05) is 0 Å². The average Bonchev–Trinajstić information content (AvgIpc) is 3.25. The zero-order chi connectivity index (χ0) is 21.5. The Bertz CT molecular complexity index is 1110. The first-order valence-electron chi connectivity index (χ1n) is 10.7. The summed E-state index contributed by atoms with van der Waals surface area (Å²) in [6.07, 6.45) is 4.55. The smallest absolute Gasteiger partial charge is 0.251 e. The summed E-state index contributed by atoms with van der Waals surface area (Å²) in [7, 11) is 0. The van der Waals surface area contributed by atoms with Gasteiger partial charge in [-0.15, -0.1) is 0 Å². The molecule has 1 amide bonds. The molecule has 5 atom stereocenters. The monoisotopic (exact) mass is 455 g/mol. The molecule has 1 aromatic heterocycles. The molecule has 0 aliphatic heterocycles. The highest BCUT2D eigenvalue weighted by atomic mass is 35.5. The lowest BCUT2D eigenvalue weighted by atomic mass is 10.00. The molecule has 2 aliphatic rings. The van der Waals surface area contributed by atoms with Crippen molar-refractivity contribution in [2.24, 2.45) is 17.8 Å². The molecule has 3 aromatic rings. The van der Waals surface area contributed by atoms with E-state index in [4.69, 9.17) is 27.9 Å². The summed E-state index contributed by atoms with van der Waals surface area (Å²) in [6.45, 7) is 2.13. The van der Waals surface area contributed by atoms with Crippen LogP contribution in [0.25, 0.3) is 10.9 Å². The Labute approximate surface area is 191 Å². The number of halogens is 2. The number of carbonyl (C=O) groups excluding carboxylic acids is 1. The minimum Gasteiger partial charge on any atom is -0.474 e. The van der Waals surface area contributed by atoms with Crippen molar-refractivity contribution in [3.05, 3.63) is 64.4 Å². The molecule has 2 aliphatic carbocycles. The standard InChI is InChI=1S/C24H23Cl2N3O2/c1-2-20(29-23(30)13-3-5-14(25)6-4-13)22-18-10-16(11-19(18)22)31-24-17-8-7-15(26)9-21(17)27-12-28-24/h3-9,12,16,18-20,22H,2,10-11H2,1H3,(H,29,30)/t16-,18-,19+,20?,22+. The van der Waals surface area contributed by atoms with E-state index < -0.39 is 0 Å². The predicted molar refractivity (Wildman–Crippen MR) is 122 cm³/mol. The summed E-state index contributed by atoms with van der Waals surface area (Å²) in [5, 5.41) is 5.39. The molecule has 0 bridgehead atoms. The number of amides is 1. The minimum absolute atomic E-state index is 0.0348. The van der Waals surface area contributed by atoms with Crippen LogP contribution in [0.15, 0.2) is 48.8 Å². The van der Waals surface area contributed by atoms with Crippen molar-refractivity contribution in [1.82, 2.24) is 15.3 Å². The molecule has 0 radical (unpaired) electrons. The SMILES string of the molecule is CCC(NC(=O)c1ccc(Cl)cc1)[C@H]1[C@@H]2C[C@@H](Oc3ncnc4cc(Cl)ccc34)C[C@@H]21. The number of nitrogens with one attached hydrogen (secondary N) is 1. The molecule has 31 heavy (non-hydrogen) atoms. The highest BCUT2D eigenvalue weighted by Gasteiger charge is 2.59. The van der Waals surface area contributed by atoms with E-state index in [1.807, 2.05) is 18.2 Å². The van der Waals surface area contributed by atoms with Gasteiger partial charge in [0.2, 0.25) is 5.88 Å². The second-order valence-electron chi connectivity index (χ2n) is 8.45. The van der Waals surface area contributed by atoms with E-state index in [9.17, 15) is 4.79 Å². The molecule has 2 saturated carbocycles. The third-order valence-corrected chi connectivity index (χ3v) is 7.12. The van der Waals surface area contributed by atoms with Crippen molar-refractivity contribution in [3.8, 4) is 5.88 Å². The Hall–Kier alpha value is -2.37. The third-order valence-electron chi connectivity index (χ3n) is 6.64. The third kappa shape index (κ3) is 4.09. The molecule has 0 saturated heterocycles. The Balaban J connectivity index is 1.20. The van der Waals surface area contributed by atoms with Crippen LogP contribution >= 0.6 is 23.2 Å². The van der Waals surface area contributed by atoms with E-state index in [0.29, 0.717) is 39.2 Å². The van der Waals surface area contributed by atoms with E-state index in [1.54, 1.807) is 24.3 Å². The molecule has 1 heterocycles. The topological polar surface area (TPSA) is 64.1 Å². The average molecular weight is 456 g/mol. The number of aromatic nitrogens is 2. The van der Waals surface area contributed by atoms with Crippen LogP contribution in [0, 0.1) is 17.8 Å². The molecule has 2 aromatic carbocycles. The number of rotatable bonds is 6. The van der Waals surface area contributed by atoms with Crippen LogP contribution in [0.3, 0.4) is 0 Å². The predicted octanol–water partition coefficient (Wildman–Crippen LogP) is 5.55. The van der Waals surface area contributed by atoms with E-state index in [2.05, 4.69) is 22.2 Å². The Morgan fingerprint density at radius 1 is 1.10 bits per heavy atom. The lowest BCUT2D eigenvalue weighted by molar-refractivity contribution is 0.0924. The molecular weight excluding hydrogens is 433 g/mol. The van der Waals surface area contributed by atoms with Crippen LogP contribution in [0.2, 0.25) is 10.0 Å². The van der Waals surface area contributed by atoms with E-state index >= 15 is 0 Å². The second kappa shape index (κ2) is 8.29. The van der Waals surface area contributed by atoms with E-state index in [-0.39, 0.29) is 18.1 Å². The fourth-order valence-corrected chi connectivity index (χ4v) is 5.41. The number of nitrogens with zero attached hydrogens (tertiary/aromatic N) is 2. The van der Waals surface area contributed by atoms with Gasteiger partial charge < -0.3 is 10.1 Å². The van der Waals surface area contributed by atoms with Gasteiger partial charge in [0.05, 0.1) is 10.9 Å². The first-order chi connectivity index (χ1) is 15.0. The van der Waals surface area contributed by atoms with Crippen LogP contribution in [-0.4, -0.2) is 28.0 Å². The van der Waals surface area contributed by atoms with Gasteiger partial charge in [-0.3, -0.25) is 4.79 Å². The maximum atomic E-state index is 12.6. The van der Waals surface area contributed by atoms with Crippen molar-refractivity contribution in [3.63, 3.8) is 0 Å². The molecule has 1 N–H and O–H groups in total. The zero-order valence-corrected chi connectivity index (χ0v) is 18.6. The quantitative estimate of drug-likeness (QED) is 0.529. The van der Waals surface area contributed by atoms with Gasteiger partial charge in [-0.1, -0.05) is 30.1 Å². The van der Waals surface area contributed by atoms with Crippen molar-refractivity contribution in [1.29, 1.82) is 0 Å². The van der Waals surface area contributed by atoms with Crippen LogP contribution in [-0.2, 0) is 0 Å². The minimum atomic E-state index is -0.0348. The van der Waals surface area contributed by atoms with E-state index in [1.165, 1.54) is 6.33 Å². The van der Waals surface area contributed by atoms with Gasteiger partial charge in [0, 0.05) is 21.7 Å². The van der Waals surface area contributed by atoms with Crippen molar-refractivity contribution >= 4 is 40.0 Å². The van der Waals surface area contributed by atoms with Gasteiger partial charge in [-0.25, -0.2) is 9.97 Å². The summed E-state index contributed by atoms with van der Waals surface area (Å²) in [4.78, 5) is 21.3. The maximum absolute atomic E-state index is 12.6. The zero-order valence-electron chi connectivity index (χ0n) is 17.1. The first-order valence-corrected chi connectivity index (χ1v) is 11.4. The molecule has 0 spiro atoms. The molecule has 2 fully saturated rings. The number of hydrogen-bond donors (Lipinski definition) is 1. The fraction of sp³-hybridized carbons (Fsp3) is 0.375. The van der Waals surface area contributed by atoms with Gasteiger partial charge in [0.15, 0.2) is 0 Å². The van der Waals surface area contributed by atoms with Crippen LogP contribution in [0.4, 0.5) is 0 Å². The van der Waals surface area contributed by atoms with Gasteiger partial charge in [0.25, 0.3) is 5.91 Å². The van der Waals surface area contributed by atoms with E-state index in [0.717, 1.165) is 30.2 Å². The van der Waals surface area contributed by atoms with Crippen LogP contribution in [0.5, 0.6) is 5.88 Å². The molecule has 160 valence electrons. The fourth-order valence-electron chi connectivity index (χ4n) is 5.12. The first kappa shape index (κ1) is 20.5. The normalized spacial score (nSPS) is 25.1. The van der Waals surface area contributed by atoms with Gasteiger partial charge in [-0.2, -0.15) is 0 Å². The highest BCUT2D eigenvalue weighted by Crippen LogP contribution is 2.60. The summed E-state index contributed by atoms with van der Waals surface area (Å²) in [5.74, 6) is 2.27. The Morgan fingerprint density at radius 3 is 2.52 bits per heavy atom. The van der Waals surface area contributed by atoms with Gasteiger partial charge in [0.1, 0.15) is 12.4 Å². The second-order valence-corrected chi connectivity index (χ2v) is 9.32. The molecular formula is C24H23Cl2N3O2. The van der Waals surface area contributed by atoms with Gasteiger partial charge in [-0.05, 0) is 79.5 Å². The summed E-state index contributed by atoms with van der Waals surface area (Å²) < 4.78 is 6.26. The number of fused-ring (bicyclic) bond motifs is 2. The van der Waals surface area contributed by atoms with Gasteiger partial charge >= 0.3 is 0 Å². The largest absolute Gasteiger partial charge is 0.474 e. The lowest BCUT2D eigenvalue weighted by Crippen LogP contribution is -2.37. The molecule has 5 nitrogen and oxygen atoms in total. The molecule has 1 unspecified atom stereocenters. The summed E-state index contributed by atoms with van der Waals surface area (Å²) in [5.41, 5.74) is 1.43. The number of ether oxygens (including phenoxy) is 1. The maximum Gasteiger partial charge on any atom is 0.251 e.